The van der Waals surface area contributed by atoms with Crippen molar-refractivity contribution in [1.82, 2.24) is 20.3 Å². The minimum Gasteiger partial charge on any atom is -0.452 e. The lowest BCUT2D eigenvalue weighted by molar-refractivity contribution is -0.124. The van der Waals surface area contributed by atoms with Crippen molar-refractivity contribution in [1.29, 1.82) is 0 Å². The summed E-state index contributed by atoms with van der Waals surface area (Å²) in [5.41, 5.74) is 3.64. The second-order valence-corrected chi connectivity index (χ2v) is 6.40. The number of hydrogen-bond donors (Lipinski definition) is 2. The minimum absolute atomic E-state index is 0.326. The molecular weight excluding hydrogens is 368 g/mol. The van der Waals surface area contributed by atoms with Gasteiger partial charge in [0.2, 0.25) is 0 Å². The van der Waals surface area contributed by atoms with Crippen LogP contribution in [0.4, 0.5) is 0 Å². The maximum Gasteiger partial charge on any atom is 0.338 e. The van der Waals surface area contributed by atoms with Crippen LogP contribution in [0.3, 0.4) is 0 Å². The van der Waals surface area contributed by atoms with Crippen LogP contribution in [0.15, 0.2) is 73.1 Å². The van der Waals surface area contributed by atoms with Crippen molar-refractivity contribution in [2.45, 2.75) is 6.54 Å². The van der Waals surface area contributed by atoms with Crippen molar-refractivity contribution in [3.8, 4) is 11.4 Å². The second-order valence-electron chi connectivity index (χ2n) is 6.40. The van der Waals surface area contributed by atoms with E-state index in [1.54, 1.807) is 36.7 Å². The number of benzene rings is 2. The number of amides is 1. The number of fused-ring (bicyclic) bond motifs is 1. The molecule has 0 fully saturated rings. The minimum atomic E-state index is -0.570. The molecule has 0 atom stereocenters. The van der Waals surface area contributed by atoms with Crippen LogP contribution in [0.1, 0.15) is 15.9 Å². The van der Waals surface area contributed by atoms with Gasteiger partial charge in [0.15, 0.2) is 6.61 Å². The van der Waals surface area contributed by atoms with Crippen molar-refractivity contribution in [3.05, 3.63) is 84.2 Å². The highest BCUT2D eigenvalue weighted by molar-refractivity contribution is 5.95. The summed E-state index contributed by atoms with van der Waals surface area (Å²) >= 11 is 0. The Morgan fingerprint density at radius 1 is 1.03 bits per heavy atom. The molecule has 0 spiro atoms. The third kappa shape index (κ3) is 4.47. The summed E-state index contributed by atoms with van der Waals surface area (Å²) in [5.74, 6) is -0.226. The van der Waals surface area contributed by atoms with Gasteiger partial charge in [0.05, 0.1) is 16.6 Å². The van der Waals surface area contributed by atoms with Crippen molar-refractivity contribution >= 4 is 22.9 Å². The summed E-state index contributed by atoms with van der Waals surface area (Å²) in [4.78, 5) is 35.9. The number of aromatic amines is 1. The van der Waals surface area contributed by atoms with E-state index in [0.29, 0.717) is 12.1 Å². The number of carbonyl (C=O) groups excluding carboxylic acids is 2. The molecule has 2 aromatic heterocycles. The molecule has 2 aromatic carbocycles. The van der Waals surface area contributed by atoms with Crippen LogP contribution in [0, 0.1) is 0 Å². The monoisotopic (exact) mass is 386 g/mol. The van der Waals surface area contributed by atoms with Crippen molar-refractivity contribution in [3.63, 3.8) is 0 Å². The van der Waals surface area contributed by atoms with Gasteiger partial charge in [0.1, 0.15) is 5.82 Å². The molecule has 0 aliphatic heterocycles. The molecule has 7 nitrogen and oxygen atoms in total. The number of nitrogens with one attached hydrogen (secondary N) is 2. The molecule has 1 amide bonds. The summed E-state index contributed by atoms with van der Waals surface area (Å²) in [5, 5.41) is 2.68. The number of carbonyl (C=O) groups is 2. The number of hydrogen-bond acceptors (Lipinski definition) is 5. The average molecular weight is 386 g/mol. The SMILES string of the molecule is O=C(COC(=O)c1ccc2nc(-c3ccccc3)[nH]c2c1)NCc1cccnc1. The van der Waals surface area contributed by atoms with E-state index < -0.39 is 5.97 Å². The van der Waals surface area contributed by atoms with Gasteiger partial charge >= 0.3 is 5.97 Å². The molecule has 7 heteroatoms. The normalized spacial score (nSPS) is 10.6. The van der Waals surface area contributed by atoms with Crippen LogP contribution < -0.4 is 5.32 Å². The summed E-state index contributed by atoms with van der Waals surface area (Å²) in [7, 11) is 0. The first kappa shape index (κ1) is 18.4. The van der Waals surface area contributed by atoms with E-state index >= 15 is 0 Å². The number of H-pyrrole nitrogens is 1. The van der Waals surface area contributed by atoms with Gasteiger partial charge in [-0.25, -0.2) is 9.78 Å². The first-order valence-corrected chi connectivity index (χ1v) is 9.07. The van der Waals surface area contributed by atoms with Gasteiger partial charge < -0.3 is 15.0 Å². The van der Waals surface area contributed by atoms with Gasteiger partial charge in [-0.1, -0.05) is 36.4 Å². The molecule has 29 heavy (non-hydrogen) atoms. The summed E-state index contributed by atoms with van der Waals surface area (Å²) in [6, 6.07) is 18.4. The fraction of sp³-hybridized carbons (Fsp3) is 0.0909. The molecule has 0 bridgehead atoms. The Bertz CT molecular complexity index is 1140. The van der Waals surface area contributed by atoms with Gasteiger partial charge in [0.25, 0.3) is 5.91 Å². The third-order valence-electron chi connectivity index (χ3n) is 4.31. The van der Waals surface area contributed by atoms with Crippen LogP contribution in [0.5, 0.6) is 0 Å². The number of rotatable bonds is 6. The van der Waals surface area contributed by atoms with Gasteiger partial charge in [-0.3, -0.25) is 9.78 Å². The maximum atomic E-state index is 12.3. The van der Waals surface area contributed by atoms with Crippen molar-refractivity contribution < 1.29 is 14.3 Å². The maximum absolute atomic E-state index is 12.3. The number of pyridine rings is 1. The van der Waals surface area contributed by atoms with E-state index in [1.807, 2.05) is 36.4 Å². The van der Waals surface area contributed by atoms with E-state index in [2.05, 4.69) is 20.3 Å². The van der Waals surface area contributed by atoms with E-state index in [1.165, 1.54) is 0 Å². The Morgan fingerprint density at radius 2 is 1.90 bits per heavy atom. The largest absolute Gasteiger partial charge is 0.452 e. The van der Waals surface area contributed by atoms with Crippen LogP contribution in [-0.2, 0) is 16.1 Å². The molecule has 0 aliphatic rings. The third-order valence-corrected chi connectivity index (χ3v) is 4.31. The van der Waals surface area contributed by atoms with E-state index in [-0.39, 0.29) is 12.5 Å². The fourth-order valence-corrected chi connectivity index (χ4v) is 2.84. The highest BCUT2D eigenvalue weighted by Crippen LogP contribution is 2.21. The molecule has 2 N–H and O–H groups in total. The molecule has 2 heterocycles. The highest BCUT2D eigenvalue weighted by Gasteiger charge is 2.13. The molecule has 0 aliphatic carbocycles. The first-order valence-electron chi connectivity index (χ1n) is 9.07. The van der Waals surface area contributed by atoms with Crippen LogP contribution in [0.25, 0.3) is 22.4 Å². The Morgan fingerprint density at radius 3 is 2.69 bits per heavy atom. The van der Waals surface area contributed by atoms with Crippen LogP contribution in [0.2, 0.25) is 0 Å². The quantitative estimate of drug-likeness (QED) is 0.496. The smallest absolute Gasteiger partial charge is 0.338 e. The predicted octanol–water partition coefficient (Wildman–Crippen LogP) is 3.10. The van der Waals surface area contributed by atoms with Crippen molar-refractivity contribution in [2.75, 3.05) is 6.61 Å². The number of ether oxygens (including phenoxy) is 1. The van der Waals surface area contributed by atoms with Gasteiger partial charge in [-0.2, -0.15) is 0 Å². The van der Waals surface area contributed by atoms with Gasteiger partial charge in [-0.15, -0.1) is 0 Å². The molecule has 4 rings (SSSR count). The Hall–Kier alpha value is -4.00. The highest BCUT2D eigenvalue weighted by atomic mass is 16.5. The van der Waals surface area contributed by atoms with E-state index in [0.717, 1.165) is 28.0 Å². The van der Waals surface area contributed by atoms with Gasteiger partial charge in [0, 0.05) is 24.5 Å². The first-order chi connectivity index (χ1) is 14.2. The zero-order valence-corrected chi connectivity index (χ0v) is 15.5. The lowest BCUT2D eigenvalue weighted by Gasteiger charge is -2.06. The number of esters is 1. The molecule has 0 saturated heterocycles. The average Bonchev–Trinajstić information content (AvgIpc) is 3.21. The summed E-state index contributed by atoms with van der Waals surface area (Å²) in [6.07, 6.45) is 3.32. The zero-order valence-electron chi connectivity index (χ0n) is 15.5. The Labute approximate surface area is 166 Å². The summed E-state index contributed by atoms with van der Waals surface area (Å²) in [6.45, 7) is -0.0258. The molecular formula is C22H18N4O3. The predicted molar refractivity (Wildman–Crippen MR) is 108 cm³/mol. The lowest BCUT2D eigenvalue weighted by atomic mass is 10.2. The number of aromatic nitrogens is 3. The molecule has 0 radical (unpaired) electrons. The zero-order chi connectivity index (χ0) is 20.1. The van der Waals surface area contributed by atoms with Crippen LogP contribution in [-0.4, -0.2) is 33.4 Å². The van der Waals surface area contributed by atoms with Crippen LogP contribution >= 0.6 is 0 Å². The topological polar surface area (TPSA) is 97.0 Å². The fourth-order valence-electron chi connectivity index (χ4n) is 2.84. The Kier molecular flexibility index (Phi) is 5.29. The van der Waals surface area contributed by atoms with Crippen molar-refractivity contribution in [2.24, 2.45) is 0 Å². The second kappa shape index (κ2) is 8.35. The van der Waals surface area contributed by atoms with E-state index in [4.69, 9.17) is 4.74 Å². The lowest BCUT2D eigenvalue weighted by Crippen LogP contribution is -2.28. The molecule has 4 aromatic rings. The molecule has 144 valence electrons. The summed E-state index contributed by atoms with van der Waals surface area (Å²) < 4.78 is 5.12. The standard InChI is InChI=1S/C22H18N4O3/c27-20(24-13-15-5-4-10-23-12-15)14-29-22(28)17-8-9-18-19(11-17)26-21(25-18)16-6-2-1-3-7-16/h1-12H,13-14H2,(H,24,27)(H,25,26). The molecule has 0 saturated carbocycles. The number of imidazole rings is 1. The van der Waals surface area contributed by atoms with Gasteiger partial charge in [-0.05, 0) is 29.8 Å². The number of nitrogens with zero attached hydrogens (tertiary/aromatic N) is 2. The van der Waals surface area contributed by atoms with E-state index in [9.17, 15) is 9.59 Å². The molecule has 0 unspecified atom stereocenters. The Balaban J connectivity index is 1.37.